The standard InChI is InChI=1S/C17H33N3/c1-4-6-7-8-9-10-11-12-13-18-15-17-14-16(3)19-20(17)5-2/h14,18H,4-13,15H2,1-3H3. The molecule has 1 aromatic heterocycles. The molecule has 0 atom stereocenters. The van der Waals surface area contributed by atoms with Crippen molar-refractivity contribution in [2.24, 2.45) is 0 Å². The van der Waals surface area contributed by atoms with Crippen molar-refractivity contribution in [2.75, 3.05) is 6.54 Å². The van der Waals surface area contributed by atoms with E-state index in [4.69, 9.17) is 0 Å². The summed E-state index contributed by atoms with van der Waals surface area (Å²) in [6, 6.07) is 2.18. The second kappa shape index (κ2) is 10.9. The maximum atomic E-state index is 4.47. The van der Waals surface area contributed by atoms with Crippen molar-refractivity contribution in [1.29, 1.82) is 0 Å². The molecule has 20 heavy (non-hydrogen) atoms. The molecule has 0 saturated heterocycles. The molecule has 1 rings (SSSR count). The van der Waals surface area contributed by atoms with E-state index < -0.39 is 0 Å². The summed E-state index contributed by atoms with van der Waals surface area (Å²) < 4.78 is 2.09. The Bertz CT molecular complexity index is 344. The average molecular weight is 279 g/mol. The van der Waals surface area contributed by atoms with Crippen LogP contribution in [0, 0.1) is 6.92 Å². The van der Waals surface area contributed by atoms with Gasteiger partial charge in [0.1, 0.15) is 0 Å². The first kappa shape index (κ1) is 17.2. The molecule has 3 heteroatoms. The number of hydrogen-bond acceptors (Lipinski definition) is 2. The summed E-state index contributed by atoms with van der Waals surface area (Å²) in [6.07, 6.45) is 11.1. The average Bonchev–Trinajstić information content (AvgIpc) is 2.81. The van der Waals surface area contributed by atoms with Crippen molar-refractivity contribution in [3.8, 4) is 0 Å². The highest BCUT2D eigenvalue weighted by atomic mass is 15.3. The largest absolute Gasteiger partial charge is 0.311 e. The summed E-state index contributed by atoms with van der Waals surface area (Å²) in [5.74, 6) is 0. The molecule has 0 aromatic carbocycles. The van der Waals surface area contributed by atoms with E-state index >= 15 is 0 Å². The number of unbranched alkanes of at least 4 members (excludes halogenated alkanes) is 7. The minimum atomic E-state index is 0.950. The number of aromatic nitrogens is 2. The molecule has 0 spiro atoms. The normalized spacial score (nSPS) is 11.2. The molecule has 0 bridgehead atoms. The minimum absolute atomic E-state index is 0.950. The van der Waals surface area contributed by atoms with Gasteiger partial charge in [0.05, 0.1) is 11.4 Å². The third-order valence-corrected chi connectivity index (χ3v) is 3.80. The summed E-state index contributed by atoms with van der Waals surface area (Å²) >= 11 is 0. The fraction of sp³-hybridized carbons (Fsp3) is 0.824. The second-order valence-electron chi connectivity index (χ2n) is 5.74. The highest BCUT2D eigenvalue weighted by Gasteiger charge is 2.02. The predicted molar refractivity (Wildman–Crippen MR) is 87.0 cm³/mol. The van der Waals surface area contributed by atoms with Crippen LogP contribution >= 0.6 is 0 Å². The van der Waals surface area contributed by atoms with Crippen LogP contribution in [0.15, 0.2) is 6.07 Å². The van der Waals surface area contributed by atoms with Gasteiger partial charge in [0.15, 0.2) is 0 Å². The number of hydrogen-bond donors (Lipinski definition) is 1. The van der Waals surface area contributed by atoms with Crippen LogP contribution in [0.3, 0.4) is 0 Å². The third-order valence-electron chi connectivity index (χ3n) is 3.80. The van der Waals surface area contributed by atoms with Gasteiger partial charge in [-0.3, -0.25) is 4.68 Å². The first-order chi connectivity index (χ1) is 9.77. The van der Waals surface area contributed by atoms with Gasteiger partial charge in [-0.15, -0.1) is 0 Å². The van der Waals surface area contributed by atoms with Crippen LogP contribution < -0.4 is 5.32 Å². The lowest BCUT2D eigenvalue weighted by Gasteiger charge is -2.06. The van der Waals surface area contributed by atoms with E-state index in [1.165, 1.54) is 57.1 Å². The Kier molecular flexibility index (Phi) is 9.38. The molecule has 3 nitrogen and oxygen atoms in total. The van der Waals surface area contributed by atoms with Gasteiger partial charge in [0, 0.05) is 13.1 Å². The van der Waals surface area contributed by atoms with E-state index in [-0.39, 0.29) is 0 Å². The van der Waals surface area contributed by atoms with Crippen LogP contribution in [0.1, 0.15) is 76.6 Å². The van der Waals surface area contributed by atoms with Crippen LogP contribution in [-0.4, -0.2) is 16.3 Å². The van der Waals surface area contributed by atoms with E-state index in [2.05, 4.69) is 41.9 Å². The predicted octanol–water partition coefficient (Wildman–Crippen LogP) is 4.44. The van der Waals surface area contributed by atoms with Gasteiger partial charge >= 0.3 is 0 Å². The van der Waals surface area contributed by atoms with E-state index in [1.54, 1.807) is 0 Å². The zero-order valence-corrected chi connectivity index (χ0v) is 13.7. The van der Waals surface area contributed by atoms with Crippen LogP contribution in [0.2, 0.25) is 0 Å². The summed E-state index contributed by atoms with van der Waals surface area (Å²) in [4.78, 5) is 0. The fourth-order valence-electron chi connectivity index (χ4n) is 2.62. The molecule has 0 radical (unpaired) electrons. The fourth-order valence-corrected chi connectivity index (χ4v) is 2.62. The third kappa shape index (κ3) is 7.09. The Hall–Kier alpha value is -0.830. The smallest absolute Gasteiger partial charge is 0.0597 e. The molecule has 1 aromatic rings. The molecule has 0 saturated carbocycles. The van der Waals surface area contributed by atoms with Gasteiger partial charge in [0.2, 0.25) is 0 Å². The highest BCUT2D eigenvalue weighted by molar-refractivity contribution is 5.08. The molecule has 0 aliphatic rings. The minimum Gasteiger partial charge on any atom is -0.311 e. The first-order valence-corrected chi connectivity index (χ1v) is 8.52. The Morgan fingerprint density at radius 3 is 2.30 bits per heavy atom. The number of nitrogens with zero attached hydrogens (tertiary/aromatic N) is 2. The lowest BCUT2D eigenvalue weighted by atomic mass is 10.1. The maximum Gasteiger partial charge on any atom is 0.0597 e. The molecule has 116 valence electrons. The Balaban J connectivity index is 1.96. The van der Waals surface area contributed by atoms with Crippen LogP contribution in [0.25, 0.3) is 0 Å². The van der Waals surface area contributed by atoms with Crippen molar-refractivity contribution < 1.29 is 0 Å². The van der Waals surface area contributed by atoms with Crippen LogP contribution in [0.4, 0.5) is 0 Å². The molecule has 0 fully saturated rings. The van der Waals surface area contributed by atoms with Crippen molar-refractivity contribution in [3.05, 3.63) is 17.5 Å². The monoisotopic (exact) mass is 279 g/mol. The van der Waals surface area contributed by atoms with Crippen molar-refractivity contribution in [2.45, 2.75) is 85.2 Å². The van der Waals surface area contributed by atoms with E-state index in [9.17, 15) is 0 Å². The number of aryl methyl sites for hydroxylation is 2. The molecule has 1 N–H and O–H groups in total. The summed E-state index contributed by atoms with van der Waals surface area (Å²) in [7, 11) is 0. The zero-order chi connectivity index (χ0) is 14.6. The van der Waals surface area contributed by atoms with Gasteiger partial charge in [-0.2, -0.15) is 5.10 Å². The van der Waals surface area contributed by atoms with E-state index in [0.717, 1.165) is 25.3 Å². The van der Waals surface area contributed by atoms with Gasteiger partial charge in [-0.25, -0.2) is 0 Å². The van der Waals surface area contributed by atoms with Crippen molar-refractivity contribution in [3.63, 3.8) is 0 Å². The second-order valence-corrected chi connectivity index (χ2v) is 5.74. The van der Waals surface area contributed by atoms with Crippen molar-refractivity contribution >= 4 is 0 Å². The summed E-state index contributed by atoms with van der Waals surface area (Å²) in [5, 5.41) is 8.01. The van der Waals surface area contributed by atoms with E-state index in [1.807, 2.05) is 0 Å². The molecule has 0 aliphatic heterocycles. The summed E-state index contributed by atoms with van der Waals surface area (Å²) in [6.45, 7) is 9.52. The Labute approximate surface area is 125 Å². The summed E-state index contributed by atoms with van der Waals surface area (Å²) in [5.41, 5.74) is 2.43. The molecule has 0 unspecified atom stereocenters. The van der Waals surface area contributed by atoms with Gasteiger partial charge in [0.25, 0.3) is 0 Å². The molecular formula is C17H33N3. The molecule has 0 aliphatic carbocycles. The lowest BCUT2D eigenvalue weighted by molar-refractivity contribution is 0.539. The Morgan fingerprint density at radius 2 is 1.65 bits per heavy atom. The Morgan fingerprint density at radius 1 is 1.00 bits per heavy atom. The maximum absolute atomic E-state index is 4.47. The molecule has 0 amide bonds. The number of nitrogens with one attached hydrogen (secondary N) is 1. The van der Waals surface area contributed by atoms with Crippen molar-refractivity contribution in [1.82, 2.24) is 15.1 Å². The van der Waals surface area contributed by atoms with E-state index in [0.29, 0.717) is 0 Å². The zero-order valence-electron chi connectivity index (χ0n) is 13.7. The van der Waals surface area contributed by atoms with Crippen LogP contribution in [0.5, 0.6) is 0 Å². The van der Waals surface area contributed by atoms with Gasteiger partial charge in [-0.05, 0) is 32.9 Å². The molecular weight excluding hydrogens is 246 g/mol. The highest BCUT2D eigenvalue weighted by Crippen LogP contribution is 2.08. The van der Waals surface area contributed by atoms with Gasteiger partial charge in [-0.1, -0.05) is 51.9 Å². The quantitative estimate of drug-likeness (QED) is 0.573. The SMILES string of the molecule is CCCCCCCCCCNCc1cc(C)nn1CC. The topological polar surface area (TPSA) is 29.9 Å². The van der Waals surface area contributed by atoms with Gasteiger partial charge < -0.3 is 5.32 Å². The van der Waals surface area contributed by atoms with Crippen LogP contribution in [-0.2, 0) is 13.1 Å². The molecule has 1 heterocycles. The lowest BCUT2D eigenvalue weighted by Crippen LogP contribution is -2.17. The first-order valence-electron chi connectivity index (χ1n) is 8.52. The number of rotatable bonds is 12.